The molecule has 4 aromatic carbocycles. The van der Waals surface area contributed by atoms with E-state index < -0.39 is 9.85 Å². The molecule has 10 nitrogen and oxygen atoms in total. The molecule has 0 unspecified atom stereocenters. The zero-order chi connectivity index (χ0) is 26.4. The SMILES string of the molecule is O=[N+]([O-])c1ccc(C=Nc2cc(Cc3ccc(O)c(N=Cc4ccc([N+](=O)[O-])cc4)c3)ccc2O)cc1. The zero-order valence-corrected chi connectivity index (χ0v) is 19.3. The van der Waals surface area contributed by atoms with Crippen LogP contribution >= 0.6 is 0 Å². The highest BCUT2D eigenvalue weighted by Gasteiger charge is 2.07. The first-order valence-corrected chi connectivity index (χ1v) is 11.0. The summed E-state index contributed by atoms with van der Waals surface area (Å²) >= 11 is 0. The van der Waals surface area contributed by atoms with Gasteiger partial charge in [-0.3, -0.25) is 30.2 Å². The first-order valence-electron chi connectivity index (χ1n) is 11.0. The second kappa shape index (κ2) is 10.9. The average molecular weight is 496 g/mol. The van der Waals surface area contributed by atoms with E-state index in [0.717, 1.165) is 11.1 Å². The number of phenols is 2. The molecule has 0 radical (unpaired) electrons. The van der Waals surface area contributed by atoms with Gasteiger partial charge in [0.2, 0.25) is 0 Å². The van der Waals surface area contributed by atoms with Crippen LogP contribution in [0.25, 0.3) is 0 Å². The van der Waals surface area contributed by atoms with E-state index in [1.54, 1.807) is 48.5 Å². The number of benzene rings is 4. The number of aromatic hydroxyl groups is 2. The van der Waals surface area contributed by atoms with Crippen molar-refractivity contribution in [2.24, 2.45) is 9.98 Å². The predicted molar refractivity (Wildman–Crippen MR) is 140 cm³/mol. The molecule has 0 fully saturated rings. The van der Waals surface area contributed by atoms with Crippen LogP contribution in [0.2, 0.25) is 0 Å². The van der Waals surface area contributed by atoms with E-state index in [1.165, 1.54) is 48.8 Å². The van der Waals surface area contributed by atoms with Crippen LogP contribution in [0.15, 0.2) is 94.9 Å². The van der Waals surface area contributed by atoms with Gasteiger partial charge in [-0.1, -0.05) is 12.1 Å². The number of nitro groups is 2. The van der Waals surface area contributed by atoms with E-state index in [0.29, 0.717) is 28.9 Å². The van der Waals surface area contributed by atoms with Crippen LogP contribution in [-0.4, -0.2) is 32.5 Å². The Hall–Kier alpha value is -5.38. The van der Waals surface area contributed by atoms with Crippen molar-refractivity contribution >= 4 is 35.2 Å². The summed E-state index contributed by atoms with van der Waals surface area (Å²) in [5.74, 6) is -0.0259. The van der Waals surface area contributed by atoms with Crippen molar-refractivity contribution < 1.29 is 20.1 Å². The molecule has 0 saturated carbocycles. The first kappa shape index (κ1) is 24.7. The van der Waals surface area contributed by atoms with Gasteiger partial charge in [0.25, 0.3) is 11.4 Å². The summed E-state index contributed by atoms with van der Waals surface area (Å²) in [6.07, 6.45) is 3.49. The molecule has 0 heterocycles. The molecule has 0 atom stereocenters. The van der Waals surface area contributed by atoms with Crippen molar-refractivity contribution in [3.63, 3.8) is 0 Å². The normalized spacial score (nSPS) is 11.2. The molecule has 0 aromatic heterocycles. The number of nitrogens with zero attached hydrogens (tertiary/aromatic N) is 4. The summed E-state index contributed by atoms with van der Waals surface area (Å²) in [5.41, 5.74) is 3.62. The number of non-ortho nitro benzene ring substituents is 2. The van der Waals surface area contributed by atoms with Crippen molar-refractivity contribution in [2.45, 2.75) is 6.42 Å². The number of rotatable bonds is 8. The lowest BCUT2D eigenvalue weighted by atomic mass is 10.0. The van der Waals surface area contributed by atoms with Gasteiger partial charge in [-0.25, -0.2) is 0 Å². The fraction of sp³-hybridized carbons (Fsp3) is 0.0370. The highest BCUT2D eigenvalue weighted by atomic mass is 16.6. The Morgan fingerprint density at radius 3 is 1.35 bits per heavy atom. The Balaban J connectivity index is 1.50. The molecular weight excluding hydrogens is 476 g/mol. The molecule has 0 bridgehead atoms. The topological polar surface area (TPSA) is 151 Å². The lowest BCUT2D eigenvalue weighted by Crippen LogP contribution is -1.90. The largest absolute Gasteiger partial charge is 0.506 e. The van der Waals surface area contributed by atoms with Crippen molar-refractivity contribution in [3.05, 3.63) is 127 Å². The van der Waals surface area contributed by atoms with Gasteiger partial charge in [0.1, 0.15) is 22.9 Å². The number of aliphatic imine (C=N–C) groups is 2. The fourth-order valence-corrected chi connectivity index (χ4v) is 3.45. The summed E-state index contributed by atoms with van der Waals surface area (Å²) < 4.78 is 0. The molecule has 10 heteroatoms. The Morgan fingerprint density at radius 2 is 1.00 bits per heavy atom. The maximum absolute atomic E-state index is 10.8. The van der Waals surface area contributed by atoms with Crippen LogP contribution < -0.4 is 0 Å². The molecule has 0 aliphatic rings. The summed E-state index contributed by atoms with van der Waals surface area (Å²) in [5, 5.41) is 42.0. The minimum Gasteiger partial charge on any atom is -0.506 e. The van der Waals surface area contributed by atoms with Crippen LogP contribution in [0.1, 0.15) is 22.3 Å². The lowest BCUT2D eigenvalue weighted by Gasteiger charge is -2.07. The van der Waals surface area contributed by atoms with E-state index in [2.05, 4.69) is 9.98 Å². The van der Waals surface area contributed by atoms with E-state index >= 15 is 0 Å². The highest BCUT2D eigenvalue weighted by molar-refractivity contribution is 5.84. The van der Waals surface area contributed by atoms with Crippen molar-refractivity contribution in [3.8, 4) is 11.5 Å². The third-order valence-corrected chi connectivity index (χ3v) is 5.40. The third-order valence-electron chi connectivity index (χ3n) is 5.40. The number of nitro benzene ring substituents is 2. The van der Waals surface area contributed by atoms with Crippen molar-refractivity contribution in [2.75, 3.05) is 0 Å². The second-order valence-electron chi connectivity index (χ2n) is 8.04. The Morgan fingerprint density at radius 1 is 0.622 bits per heavy atom. The van der Waals surface area contributed by atoms with Gasteiger partial charge >= 0.3 is 0 Å². The maximum atomic E-state index is 10.8. The van der Waals surface area contributed by atoms with Gasteiger partial charge in [0, 0.05) is 36.7 Å². The zero-order valence-electron chi connectivity index (χ0n) is 19.3. The molecule has 4 rings (SSSR count). The minimum atomic E-state index is -0.480. The molecule has 37 heavy (non-hydrogen) atoms. The third kappa shape index (κ3) is 6.40. The molecule has 0 aliphatic carbocycles. The van der Waals surface area contributed by atoms with E-state index in [-0.39, 0.29) is 22.9 Å². The summed E-state index contributed by atoms with van der Waals surface area (Å²) in [7, 11) is 0. The standard InChI is InChI=1S/C27H20N4O6/c32-26-11-5-20(14-24(26)28-16-18-1-7-22(8-2-18)30(34)35)13-21-6-12-27(33)25(15-21)29-17-19-3-9-23(10-4-19)31(36)37/h1-12,14-17,32-33H,13H2. The van der Waals surface area contributed by atoms with E-state index in [4.69, 9.17) is 0 Å². The molecule has 184 valence electrons. The van der Waals surface area contributed by atoms with Gasteiger partial charge in [-0.05, 0) is 77.2 Å². The van der Waals surface area contributed by atoms with Gasteiger partial charge in [0.05, 0.1) is 9.85 Å². The van der Waals surface area contributed by atoms with Crippen molar-refractivity contribution in [1.29, 1.82) is 0 Å². The van der Waals surface area contributed by atoms with Gasteiger partial charge in [0.15, 0.2) is 0 Å². The highest BCUT2D eigenvalue weighted by Crippen LogP contribution is 2.31. The van der Waals surface area contributed by atoms with Crippen LogP contribution in [0.5, 0.6) is 11.5 Å². The van der Waals surface area contributed by atoms with Crippen LogP contribution in [0, 0.1) is 20.2 Å². The van der Waals surface area contributed by atoms with Crippen molar-refractivity contribution in [1.82, 2.24) is 0 Å². The van der Waals surface area contributed by atoms with E-state index in [9.17, 15) is 30.4 Å². The predicted octanol–water partition coefficient (Wildman–Crippen LogP) is 6.01. The molecule has 0 amide bonds. The lowest BCUT2D eigenvalue weighted by molar-refractivity contribution is -0.385. The molecule has 2 N–H and O–H groups in total. The van der Waals surface area contributed by atoms with Crippen LogP contribution in [0.4, 0.5) is 22.7 Å². The van der Waals surface area contributed by atoms with Crippen LogP contribution in [0.3, 0.4) is 0 Å². The molecular formula is C27H20N4O6. The smallest absolute Gasteiger partial charge is 0.269 e. The Labute approximate surface area is 210 Å². The van der Waals surface area contributed by atoms with Gasteiger partial charge in [-0.2, -0.15) is 0 Å². The minimum absolute atomic E-state index is 0.0130. The number of hydrogen-bond acceptors (Lipinski definition) is 8. The average Bonchev–Trinajstić information content (AvgIpc) is 2.89. The Kier molecular flexibility index (Phi) is 7.29. The second-order valence-corrected chi connectivity index (χ2v) is 8.04. The number of hydrogen-bond donors (Lipinski definition) is 2. The first-order chi connectivity index (χ1) is 17.8. The Bertz CT molecular complexity index is 1400. The number of phenolic OH excluding ortho intramolecular Hbond substituents is 2. The molecule has 0 spiro atoms. The van der Waals surface area contributed by atoms with Crippen LogP contribution in [-0.2, 0) is 6.42 Å². The van der Waals surface area contributed by atoms with E-state index in [1.807, 2.05) is 0 Å². The fourth-order valence-electron chi connectivity index (χ4n) is 3.45. The van der Waals surface area contributed by atoms with Gasteiger partial charge < -0.3 is 10.2 Å². The summed E-state index contributed by atoms with van der Waals surface area (Å²) in [4.78, 5) is 29.3. The molecule has 4 aromatic rings. The monoisotopic (exact) mass is 496 g/mol. The summed E-state index contributed by atoms with van der Waals surface area (Å²) in [6.45, 7) is 0. The molecule has 0 saturated heterocycles. The molecule has 0 aliphatic heterocycles. The maximum Gasteiger partial charge on any atom is 0.269 e. The van der Waals surface area contributed by atoms with Gasteiger partial charge in [-0.15, -0.1) is 0 Å². The quantitative estimate of drug-likeness (QED) is 0.173. The summed E-state index contributed by atoms with van der Waals surface area (Å²) in [6, 6.07) is 21.8.